The Morgan fingerprint density at radius 1 is 1.45 bits per heavy atom. The molecule has 1 fully saturated rings. The molecule has 1 aliphatic rings. The van der Waals surface area contributed by atoms with Gasteiger partial charge in [0, 0.05) is 5.38 Å². The van der Waals surface area contributed by atoms with Crippen LogP contribution in [0.1, 0.15) is 46.0 Å². The molecule has 0 nitrogen and oxygen atoms in total. The summed E-state index contributed by atoms with van der Waals surface area (Å²) in [4.78, 5) is 0. The van der Waals surface area contributed by atoms with Crippen LogP contribution < -0.4 is 0 Å². The van der Waals surface area contributed by atoms with E-state index in [1.807, 2.05) is 0 Å². The van der Waals surface area contributed by atoms with Crippen molar-refractivity contribution >= 4 is 11.6 Å². The first-order valence-electron chi connectivity index (χ1n) is 4.88. The zero-order chi connectivity index (χ0) is 8.27. The molecule has 3 unspecified atom stereocenters. The van der Waals surface area contributed by atoms with Crippen LogP contribution in [0.4, 0.5) is 0 Å². The van der Waals surface area contributed by atoms with E-state index in [1.165, 1.54) is 32.1 Å². The van der Waals surface area contributed by atoms with Crippen molar-refractivity contribution in [3.8, 4) is 0 Å². The Hall–Kier alpha value is 0.290. The second-order valence-corrected chi connectivity index (χ2v) is 4.54. The van der Waals surface area contributed by atoms with Crippen molar-refractivity contribution < 1.29 is 0 Å². The Kier molecular flexibility index (Phi) is 3.71. The van der Waals surface area contributed by atoms with Crippen LogP contribution in [-0.4, -0.2) is 5.38 Å². The van der Waals surface area contributed by atoms with Gasteiger partial charge in [-0.3, -0.25) is 0 Å². The molecule has 0 N–H and O–H groups in total. The standard InChI is InChI=1S/C10H19Cl/c1-3-4-10(11)9-6-5-8(2)7-9/h8-10H,3-7H2,1-2H3. The van der Waals surface area contributed by atoms with Gasteiger partial charge in [0.25, 0.3) is 0 Å². The van der Waals surface area contributed by atoms with Crippen LogP contribution >= 0.6 is 11.6 Å². The maximum atomic E-state index is 6.25. The number of rotatable bonds is 3. The Morgan fingerprint density at radius 3 is 2.64 bits per heavy atom. The van der Waals surface area contributed by atoms with E-state index in [0.29, 0.717) is 5.38 Å². The highest BCUT2D eigenvalue weighted by atomic mass is 35.5. The zero-order valence-corrected chi connectivity index (χ0v) is 8.40. The van der Waals surface area contributed by atoms with Gasteiger partial charge in [-0.1, -0.05) is 26.7 Å². The highest BCUT2D eigenvalue weighted by Gasteiger charge is 2.26. The van der Waals surface area contributed by atoms with Gasteiger partial charge in [0.2, 0.25) is 0 Å². The second-order valence-electron chi connectivity index (χ2n) is 3.98. The lowest BCUT2D eigenvalue weighted by Crippen LogP contribution is -2.10. The predicted octanol–water partition coefficient (Wildman–Crippen LogP) is 3.83. The molecule has 0 spiro atoms. The van der Waals surface area contributed by atoms with E-state index >= 15 is 0 Å². The summed E-state index contributed by atoms with van der Waals surface area (Å²) in [7, 11) is 0. The summed E-state index contributed by atoms with van der Waals surface area (Å²) in [6.07, 6.45) is 6.58. The number of halogens is 1. The predicted molar refractivity (Wildman–Crippen MR) is 51.1 cm³/mol. The summed E-state index contributed by atoms with van der Waals surface area (Å²) >= 11 is 6.25. The Morgan fingerprint density at radius 2 is 2.18 bits per heavy atom. The summed E-state index contributed by atoms with van der Waals surface area (Å²) in [5.74, 6) is 1.75. The van der Waals surface area contributed by atoms with Gasteiger partial charge in [0.05, 0.1) is 0 Å². The Labute approximate surface area is 75.3 Å². The molecule has 1 saturated carbocycles. The highest BCUT2D eigenvalue weighted by molar-refractivity contribution is 6.20. The molecule has 0 bridgehead atoms. The molecule has 0 heterocycles. The van der Waals surface area contributed by atoms with Crippen LogP contribution in [0, 0.1) is 11.8 Å². The minimum atomic E-state index is 0.463. The van der Waals surface area contributed by atoms with Crippen molar-refractivity contribution in [2.45, 2.75) is 51.3 Å². The molecule has 3 atom stereocenters. The van der Waals surface area contributed by atoms with Crippen molar-refractivity contribution in [2.75, 3.05) is 0 Å². The molecule has 0 aromatic rings. The first kappa shape index (κ1) is 9.38. The van der Waals surface area contributed by atoms with Crippen LogP contribution in [0.25, 0.3) is 0 Å². The van der Waals surface area contributed by atoms with Crippen molar-refractivity contribution in [3.05, 3.63) is 0 Å². The fourth-order valence-electron chi connectivity index (χ4n) is 2.09. The molecule has 1 rings (SSSR count). The van der Waals surface area contributed by atoms with Crippen molar-refractivity contribution in [3.63, 3.8) is 0 Å². The van der Waals surface area contributed by atoms with Crippen LogP contribution in [0.3, 0.4) is 0 Å². The van der Waals surface area contributed by atoms with E-state index in [-0.39, 0.29) is 0 Å². The molecule has 11 heavy (non-hydrogen) atoms. The molecular formula is C10H19Cl. The summed E-state index contributed by atoms with van der Waals surface area (Å²) in [6, 6.07) is 0. The SMILES string of the molecule is CCCC(Cl)C1CCC(C)C1. The Bertz CT molecular complexity index is 111. The summed E-state index contributed by atoms with van der Waals surface area (Å²) in [5, 5.41) is 0.463. The highest BCUT2D eigenvalue weighted by Crippen LogP contribution is 2.36. The van der Waals surface area contributed by atoms with E-state index in [4.69, 9.17) is 11.6 Å². The third-order valence-electron chi connectivity index (χ3n) is 2.81. The lowest BCUT2D eigenvalue weighted by Gasteiger charge is -2.15. The molecule has 1 heteroatoms. The van der Waals surface area contributed by atoms with Gasteiger partial charge >= 0.3 is 0 Å². The molecule has 1 aliphatic carbocycles. The van der Waals surface area contributed by atoms with Crippen LogP contribution in [0.5, 0.6) is 0 Å². The molecule has 0 saturated heterocycles. The topological polar surface area (TPSA) is 0 Å². The quantitative estimate of drug-likeness (QED) is 0.571. The molecule has 0 aromatic carbocycles. The normalized spacial score (nSPS) is 34.1. The first-order chi connectivity index (χ1) is 5.24. The minimum Gasteiger partial charge on any atom is -0.123 e. The lowest BCUT2D eigenvalue weighted by atomic mass is 9.99. The maximum absolute atomic E-state index is 6.25. The number of hydrogen-bond acceptors (Lipinski definition) is 0. The first-order valence-corrected chi connectivity index (χ1v) is 5.31. The Balaban J connectivity index is 2.25. The maximum Gasteiger partial charge on any atom is 0.0364 e. The minimum absolute atomic E-state index is 0.463. The van der Waals surface area contributed by atoms with Crippen molar-refractivity contribution in [1.29, 1.82) is 0 Å². The monoisotopic (exact) mass is 174 g/mol. The van der Waals surface area contributed by atoms with Crippen molar-refractivity contribution in [1.82, 2.24) is 0 Å². The van der Waals surface area contributed by atoms with E-state index in [1.54, 1.807) is 0 Å². The summed E-state index contributed by atoms with van der Waals surface area (Å²) in [5.41, 5.74) is 0. The van der Waals surface area contributed by atoms with Crippen molar-refractivity contribution in [2.24, 2.45) is 11.8 Å². The van der Waals surface area contributed by atoms with Gasteiger partial charge in [0.1, 0.15) is 0 Å². The molecule has 0 radical (unpaired) electrons. The second kappa shape index (κ2) is 4.35. The van der Waals surface area contributed by atoms with Gasteiger partial charge in [0.15, 0.2) is 0 Å². The van der Waals surface area contributed by atoms with Crippen LogP contribution in [0.15, 0.2) is 0 Å². The summed E-state index contributed by atoms with van der Waals surface area (Å²) in [6.45, 7) is 4.56. The average Bonchev–Trinajstić information content (AvgIpc) is 2.36. The van der Waals surface area contributed by atoms with E-state index in [9.17, 15) is 0 Å². The number of alkyl halides is 1. The van der Waals surface area contributed by atoms with Gasteiger partial charge in [-0.25, -0.2) is 0 Å². The number of hydrogen-bond donors (Lipinski definition) is 0. The molecule has 0 aliphatic heterocycles. The largest absolute Gasteiger partial charge is 0.123 e. The molecule has 0 aromatic heterocycles. The molecular weight excluding hydrogens is 156 g/mol. The lowest BCUT2D eigenvalue weighted by molar-refractivity contribution is 0.469. The smallest absolute Gasteiger partial charge is 0.0364 e. The van der Waals surface area contributed by atoms with Crippen LogP contribution in [0.2, 0.25) is 0 Å². The van der Waals surface area contributed by atoms with E-state index < -0.39 is 0 Å². The van der Waals surface area contributed by atoms with Gasteiger partial charge in [-0.15, -0.1) is 11.6 Å². The fraction of sp³-hybridized carbons (Fsp3) is 1.00. The van der Waals surface area contributed by atoms with E-state index in [0.717, 1.165) is 11.8 Å². The van der Waals surface area contributed by atoms with Crippen LogP contribution in [-0.2, 0) is 0 Å². The fourth-order valence-corrected chi connectivity index (χ4v) is 2.54. The molecule has 0 amide bonds. The zero-order valence-electron chi connectivity index (χ0n) is 7.65. The summed E-state index contributed by atoms with van der Waals surface area (Å²) < 4.78 is 0. The van der Waals surface area contributed by atoms with Gasteiger partial charge < -0.3 is 0 Å². The third kappa shape index (κ3) is 2.66. The van der Waals surface area contributed by atoms with Gasteiger partial charge in [-0.05, 0) is 31.1 Å². The third-order valence-corrected chi connectivity index (χ3v) is 3.39. The average molecular weight is 175 g/mol. The molecule has 66 valence electrons. The van der Waals surface area contributed by atoms with Gasteiger partial charge in [-0.2, -0.15) is 0 Å². The van der Waals surface area contributed by atoms with E-state index in [2.05, 4.69) is 13.8 Å².